The van der Waals surface area contributed by atoms with Crippen LogP contribution in [0.3, 0.4) is 0 Å². The number of fused-ring (bicyclic) bond motifs is 1. The van der Waals surface area contributed by atoms with Crippen LogP contribution in [-0.4, -0.2) is 25.2 Å². The van der Waals surface area contributed by atoms with E-state index >= 15 is 0 Å². The molecular formula is C14H21ClN2O2. The third-order valence-corrected chi connectivity index (χ3v) is 3.13. The van der Waals surface area contributed by atoms with Gasteiger partial charge in [0.15, 0.2) is 0 Å². The van der Waals surface area contributed by atoms with Gasteiger partial charge in [0.25, 0.3) is 5.91 Å². The molecule has 1 amide bonds. The van der Waals surface area contributed by atoms with Crippen molar-refractivity contribution >= 4 is 29.7 Å². The molecule has 0 saturated heterocycles. The third-order valence-electron chi connectivity index (χ3n) is 3.13. The van der Waals surface area contributed by atoms with Gasteiger partial charge in [0.2, 0.25) is 0 Å². The van der Waals surface area contributed by atoms with Gasteiger partial charge in [-0.3, -0.25) is 4.79 Å². The summed E-state index contributed by atoms with van der Waals surface area (Å²) < 4.78 is 5.38. The summed E-state index contributed by atoms with van der Waals surface area (Å²) in [5.41, 5.74) is 8.76. The molecule has 1 aromatic carbocycles. The Bertz CT molecular complexity index is 449. The molecule has 0 aromatic heterocycles. The van der Waals surface area contributed by atoms with Crippen LogP contribution in [0.1, 0.15) is 25.8 Å². The highest BCUT2D eigenvalue weighted by molar-refractivity contribution is 5.96. The second-order valence-electron chi connectivity index (χ2n) is 4.85. The number of hydrogen-bond donors (Lipinski definition) is 1. The molecule has 106 valence electrons. The van der Waals surface area contributed by atoms with Gasteiger partial charge < -0.3 is 15.4 Å². The second-order valence-corrected chi connectivity index (χ2v) is 4.85. The molecule has 0 atom stereocenters. The smallest absolute Gasteiger partial charge is 0.252 e. The summed E-state index contributed by atoms with van der Waals surface area (Å²) >= 11 is 0. The van der Waals surface area contributed by atoms with Gasteiger partial charge in [-0.25, -0.2) is 0 Å². The van der Waals surface area contributed by atoms with E-state index < -0.39 is 0 Å². The van der Waals surface area contributed by atoms with E-state index in [1.54, 1.807) is 4.90 Å². The van der Waals surface area contributed by atoms with E-state index in [-0.39, 0.29) is 31.0 Å². The molecule has 0 bridgehead atoms. The van der Waals surface area contributed by atoms with Crippen LogP contribution in [0.4, 0.5) is 11.4 Å². The topological polar surface area (TPSA) is 55.6 Å². The monoisotopic (exact) mass is 284 g/mol. The van der Waals surface area contributed by atoms with Gasteiger partial charge >= 0.3 is 0 Å². The van der Waals surface area contributed by atoms with Crippen LogP contribution in [-0.2, 0) is 16.0 Å². The zero-order valence-electron chi connectivity index (χ0n) is 11.4. The first-order chi connectivity index (χ1) is 8.59. The lowest BCUT2D eigenvalue weighted by Gasteiger charge is -2.30. The number of halogens is 1. The van der Waals surface area contributed by atoms with Crippen LogP contribution in [0.5, 0.6) is 0 Å². The Morgan fingerprint density at radius 1 is 1.47 bits per heavy atom. The Hall–Kier alpha value is -1.26. The zero-order valence-corrected chi connectivity index (χ0v) is 12.2. The SMILES string of the molecule is CC(C)OCC(=O)N1CCCc2c(N)cccc21.Cl. The molecular weight excluding hydrogens is 264 g/mol. The minimum atomic E-state index is 0. The van der Waals surface area contributed by atoms with Gasteiger partial charge in [-0.05, 0) is 44.4 Å². The van der Waals surface area contributed by atoms with Crippen LogP contribution in [0.2, 0.25) is 0 Å². The predicted octanol–water partition coefficient (Wildman–Crippen LogP) is 2.39. The molecule has 0 aliphatic carbocycles. The maximum Gasteiger partial charge on any atom is 0.252 e. The third kappa shape index (κ3) is 3.61. The first-order valence-electron chi connectivity index (χ1n) is 6.39. The molecule has 0 unspecified atom stereocenters. The minimum absolute atomic E-state index is 0. The average molecular weight is 285 g/mol. The molecule has 1 heterocycles. The number of hydrogen-bond acceptors (Lipinski definition) is 3. The van der Waals surface area contributed by atoms with Crippen molar-refractivity contribution < 1.29 is 9.53 Å². The van der Waals surface area contributed by atoms with Crippen molar-refractivity contribution in [2.75, 3.05) is 23.8 Å². The molecule has 0 radical (unpaired) electrons. The summed E-state index contributed by atoms with van der Waals surface area (Å²) in [7, 11) is 0. The maximum absolute atomic E-state index is 12.1. The van der Waals surface area contributed by atoms with Gasteiger partial charge in [0.1, 0.15) is 6.61 Å². The van der Waals surface area contributed by atoms with Gasteiger partial charge in [0.05, 0.1) is 6.10 Å². The summed E-state index contributed by atoms with van der Waals surface area (Å²) in [6, 6.07) is 5.73. The van der Waals surface area contributed by atoms with Crippen molar-refractivity contribution in [3.63, 3.8) is 0 Å². The fourth-order valence-corrected chi connectivity index (χ4v) is 2.23. The molecule has 1 aliphatic heterocycles. The van der Waals surface area contributed by atoms with Crippen LogP contribution >= 0.6 is 12.4 Å². The van der Waals surface area contributed by atoms with Gasteiger partial charge in [-0.15, -0.1) is 12.4 Å². The van der Waals surface area contributed by atoms with Crippen molar-refractivity contribution in [2.45, 2.75) is 32.8 Å². The Kier molecular flexibility index (Phi) is 5.63. The lowest BCUT2D eigenvalue weighted by molar-refractivity contribution is -0.124. The Morgan fingerprint density at radius 2 is 2.21 bits per heavy atom. The standard InChI is InChI=1S/C14H20N2O2.ClH/c1-10(2)18-9-14(17)16-8-4-5-11-12(15)6-3-7-13(11)16;/h3,6-7,10H,4-5,8-9,15H2,1-2H3;1H. The highest BCUT2D eigenvalue weighted by atomic mass is 35.5. The van der Waals surface area contributed by atoms with E-state index in [0.717, 1.165) is 36.3 Å². The molecule has 4 nitrogen and oxygen atoms in total. The zero-order chi connectivity index (χ0) is 13.1. The van der Waals surface area contributed by atoms with Crippen molar-refractivity contribution in [2.24, 2.45) is 0 Å². The van der Waals surface area contributed by atoms with Gasteiger partial charge in [-0.2, -0.15) is 0 Å². The van der Waals surface area contributed by atoms with Gasteiger partial charge in [-0.1, -0.05) is 6.07 Å². The van der Waals surface area contributed by atoms with E-state index in [2.05, 4.69) is 0 Å². The van der Waals surface area contributed by atoms with E-state index in [0.29, 0.717) is 0 Å². The molecule has 1 aromatic rings. The normalized spacial score (nSPS) is 13.9. The van der Waals surface area contributed by atoms with Crippen molar-refractivity contribution in [3.05, 3.63) is 23.8 Å². The number of carbonyl (C=O) groups excluding carboxylic acids is 1. The van der Waals surface area contributed by atoms with Crippen molar-refractivity contribution in [1.82, 2.24) is 0 Å². The Balaban J connectivity index is 0.00000180. The largest absolute Gasteiger partial charge is 0.398 e. The molecule has 0 fully saturated rings. The first kappa shape index (κ1) is 15.8. The molecule has 5 heteroatoms. The molecule has 2 rings (SSSR count). The second kappa shape index (κ2) is 6.78. The number of nitrogens with zero attached hydrogens (tertiary/aromatic N) is 1. The summed E-state index contributed by atoms with van der Waals surface area (Å²) in [4.78, 5) is 13.9. The fourth-order valence-electron chi connectivity index (χ4n) is 2.23. The predicted molar refractivity (Wildman–Crippen MR) is 79.9 cm³/mol. The van der Waals surface area contributed by atoms with Crippen LogP contribution in [0, 0.1) is 0 Å². The quantitative estimate of drug-likeness (QED) is 0.867. The fraction of sp³-hybridized carbons (Fsp3) is 0.500. The summed E-state index contributed by atoms with van der Waals surface area (Å²) in [5.74, 6) is 0.00949. The van der Waals surface area contributed by atoms with E-state index in [1.165, 1.54) is 0 Å². The number of anilines is 2. The minimum Gasteiger partial charge on any atom is -0.398 e. The van der Waals surface area contributed by atoms with E-state index in [9.17, 15) is 4.79 Å². The number of amides is 1. The molecule has 0 spiro atoms. The number of rotatable bonds is 3. The van der Waals surface area contributed by atoms with Crippen molar-refractivity contribution in [1.29, 1.82) is 0 Å². The highest BCUT2D eigenvalue weighted by Gasteiger charge is 2.23. The van der Waals surface area contributed by atoms with Gasteiger partial charge in [0, 0.05) is 17.9 Å². The lowest BCUT2D eigenvalue weighted by Crippen LogP contribution is -2.38. The number of benzene rings is 1. The summed E-state index contributed by atoms with van der Waals surface area (Å²) in [6.07, 6.45) is 1.96. The molecule has 19 heavy (non-hydrogen) atoms. The van der Waals surface area contributed by atoms with Crippen LogP contribution < -0.4 is 10.6 Å². The van der Waals surface area contributed by atoms with Crippen LogP contribution in [0.15, 0.2) is 18.2 Å². The summed E-state index contributed by atoms with van der Waals surface area (Å²) in [6.45, 7) is 4.73. The number of carbonyl (C=O) groups is 1. The number of ether oxygens (including phenoxy) is 1. The highest BCUT2D eigenvalue weighted by Crippen LogP contribution is 2.31. The number of nitrogens with two attached hydrogens (primary N) is 1. The van der Waals surface area contributed by atoms with Crippen molar-refractivity contribution in [3.8, 4) is 0 Å². The lowest BCUT2D eigenvalue weighted by atomic mass is 10.00. The molecule has 0 saturated carbocycles. The maximum atomic E-state index is 12.1. The Morgan fingerprint density at radius 3 is 2.89 bits per heavy atom. The Labute approximate surface area is 120 Å². The van der Waals surface area contributed by atoms with E-state index in [4.69, 9.17) is 10.5 Å². The number of nitrogen functional groups attached to an aromatic ring is 1. The molecule has 1 aliphatic rings. The van der Waals surface area contributed by atoms with E-state index in [1.807, 2.05) is 32.0 Å². The van der Waals surface area contributed by atoms with Crippen LogP contribution in [0.25, 0.3) is 0 Å². The summed E-state index contributed by atoms with van der Waals surface area (Å²) in [5, 5.41) is 0. The average Bonchev–Trinajstić information content (AvgIpc) is 2.36. The molecule has 2 N–H and O–H groups in total. The first-order valence-corrected chi connectivity index (χ1v) is 6.39.